The molecule has 0 radical (unpaired) electrons. The number of thioether (sulfide) groups is 3. The summed E-state index contributed by atoms with van der Waals surface area (Å²) in [4.78, 5) is 0. The van der Waals surface area contributed by atoms with Gasteiger partial charge in [0.1, 0.15) is 3.41 Å². The molecule has 0 heterocycles. The van der Waals surface area contributed by atoms with Gasteiger partial charge in [-0.25, -0.2) is 0 Å². The van der Waals surface area contributed by atoms with Gasteiger partial charge < -0.3 is 0 Å². The maximum absolute atomic E-state index is 2.27. The summed E-state index contributed by atoms with van der Waals surface area (Å²) in [6.07, 6.45) is 14.1. The lowest BCUT2D eigenvalue weighted by atomic mass is 9.90. The minimum absolute atomic E-state index is 0.445. The third-order valence-electron chi connectivity index (χ3n) is 2.96. The summed E-state index contributed by atoms with van der Waals surface area (Å²) in [5.41, 5.74) is 0. The molecule has 0 unspecified atom stereocenters. The lowest BCUT2D eigenvalue weighted by Crippen LogP contribution is -2.28. The van der Waals surface area contributed by atoms with Crippen molar-refractivity contribution in [3.63, 3.8) is 0 Å². The highest BCUT2D eigenvalue weighted by Gasteiger charge is 2.37. The van der Waals surface area contributed by atoms with Crippen LogP contribution in [0, 0.1) is 5.92 Å². The topological polar surface area (TPSA) is 0 Å². The average Bonchev–Trinajstić information content (AvgIpc) is 2.23. The monoisotopic (exact) mass is 236 g/mol. The highest BCUT2D eigenvalue weighted by molar-refractivity contribution is 8.33. The smallest absolute Gasteiger partial charge is 0.109 e. The maximum atomic E-state index is 2.27. The molecule has 78 valence electrons. The summed E-state index contributed by atoms with van der Waals surface area (Å²) in [5, 5.41) is 0. The Balaban J connectivity index is 2.60. The fourth-order valence-electron chi connectivity index (χ4n) is 2.21. The van der Waals surface area contributed by atoms with Crippen molar-refractivity contribution in [2.24, 2.45) is 5.92 Å². The molecule has 0 amide bonds. The van der Waals surface area contributed by atoms with Crippen molar-refractivity contribution < 1.29 is 0 Å². The van der Waals surface area contributed by atoms with Crippen molar-refractivity contribution >= 4 is 35.3 Å². The van der Waals surface area contributed by atoms with Crippen LogP contribution >= 0.6 is 35.3 Å². The first-order valence-electron chi connectivity index (χ1n) is 4.94. The van der Waals surface area contributed by atoms with E-state index in [1.165, 1.54) is 32.1 Å². The highest BCUT2D eigenvalue weighted by atomic mass is 32.3. The molecule has 3 heteroatoms. The summed E-state index contributed by atoms with van der Waals surface area (Å²) >= 11 is 6.15. The van der Waals surface area contributed by atoms with Gasteiger partial charge in [-0.05, 0) is 37.5 Å². The fourth-order valence-corrected chi connectivity index (χ4v) is 5.91. The van der Waals surface area contributed by atoms with E-state index in [-0.39, 0.29) is 0 Å². The zero-order valence-corrected chi connectivity index (χ0v) is 11.3. The van der Waals surface area contributed by atoms with Crippen molar-refractivity contribution in [1.82, 2.24) is 0 Å². The van der Waals surface area contributed by atoms with Crippen molar-refractivity contribution in [1.29, 1.82) is 0 Å². The lowest BCUT2D eigenvalue weighted by molar-refractivity contribution is 0.371. The largest absolute Gasteiger partial charge is 0.137 e. The molecule has 1 saturated carbocycles. The van der Waals surface area contributed by atoms with E-state index >= 15 is 0 Å². The molecule has 0 atom stereocenters. The fraction of sp³-hybridized carbons (Fsp3) is 1.00. The Labute approximate surface area is 95.4 Å². The van der Waals surface area contributed by atoms with E-state index in [0.717, 1.165) is 5.92 Å². The van der Waals surface area contributed by atoms with Gasteiger partial charge >= 0.3 is 0 Å². The van der Waals surface area contributed by atoms with Crippen LogP contribution in [0.3, 0.4) is 0 Å². The number of hydrogen-bond donors (Lipinski definition) is 0. The van der Waals surface area contributed by atoms with Crippen LogP contribution in [0.4, 0.5) is 0 Å². The van der Waals surface area contributed by atoms with E-state index in [1.54, 1.807) is 0 Å². The first-order valence-corrected chi connectivity index (χ1v) is 8.62. The van der Waals surface area contributed by atoms with Crippen LogP contribution in [0.1, 0.15) is 32.1 Å². The van der Waals surface area contributed by atoms with Crippen LogP contribution in [0.2, 0.25) is 0 Å². The predicted molar refractivity (Wildman–Crippen MR) is 69.9 cm³/mol. The maximum Gasteiger partial charge on any atom is 0.109 e. The lowest BCUT2D eigenvalue weighted by Gasteiger charge is -2.38. The van der Waals surface area contributed by atoms with Gasteiger partial charge in [-0.15, -0.1) is 35.3 Å². The first-order chi connectivity index (χ1) is 6.29. The standard InChI is InChI=1S/C10H20S3/c1-11-10(12-2,13-3)9-7-5-4-6-8-9/h9H,4-8H2,1-3H3. The molecule has 0 aliphatic heterocycles. The first kappa shape index (κ1) is 12.1. The Kier molecular flexibility index (Phi) is 5.42. The summed E-state index contributed by atoms with van der Waals surface area (Å²) in [6, 6.07) is 0. The molecule has 1 rings (SSSR count). The van der Waals surface area contributed by atoms with Gasteiger partial charge in [0, 0.05) is 0 Å². The Morgan fingerprint density at radius 3 is 1.69 bits per heavy atom. The van der Waals surface area contributed by atoms with Gasteiger partial charge in [0.15, 0.2) is 0 Å². The second-order valence-electron chi connectivity index (χ2n) is 3.55. The summed E-state index contributed by atoms with van der Waals surface area (Å²) in [7, 11) is 0. The Morgan fingerprint density at radius 1 is 0.846 bits per heavy atom. The zero-order chi connectivity index (χ0) is 9.73. The minimum Gasteiger partial charge on any atom is -0.137 e. The van der Waals surface area contributed by atoms with Crippen LogP contribution in [0.25, 0.3) is 0 Å². The molecule has 0 aromatic heterocycles. The second-order valence-corrected chi connectivity index (χ2v) is 7.48. The van der Waals surface area contributed by atoms with Crippen LogP contribution in [0.5, 0.6) is 0 Å². The van der Waals surface area contributed by atoms with Crippen molar-refractivity contribution in [3.05, 3.63) is 0 Å². The van der Waals surface area contributed by atoms with Crippen LogP contribution in [-0.2, 0) is 0 Å². The van der Waals surface area contributed by atoms with E-state index in [2.05, 4.69) is 18.8 Å². The average molecular weight is 236 g/mol. The van der Waals surface area contributed by atoms with Gasteiger partial charge in [0.2, 0.25) is 0 Å². The molecule has 0 bridgehead atoms. The second kappa shape index (κ2) is 5.82. The van der Waals surface area contributed by atoms with Crippen molar-refractivity contribution in [2.75, 3.05) is 18.8 Å². The highest BCUT2D eigenvalue weighted by Crippen LogP contribution is 2.53. The Bertz CT molecular complexity index is 129. The van der Waals surface area contributed by atoms with Gasteiger partial charge in [-0.3, -0.25) is 0 Å². The molecule has 0 nitrogen and oxygen atoms in total. The molecule has 0 saturated heterocycles. The van der Waals surface area contributed by atoms with Crippen molar-refractivity contribution in [3.8, 4) is 0 Å². The minimum atomic E-state index is 0.445. The number of rotatable bonds is 4. The molecule has 0 spiro atoms. The Morgan fingerprint density at radius 2 is 1.31 bits per heavy atom. The summed E-state index contributed by atoms with van der Waals surface area (Å²) in [5.74, 6) is 0.932. The van der Waals surface area contributed by atoms with Gasteiger partial charge in [-0.1, -0.05) is 19.3 Å². The van der Waals surface area contributed by atoms with Gasteiger partial charge in [0.05, 0.1) is 0 Å². The molecule has 1 fully saturated rings. The van der Waals surface area contributed by atoms with E-state index < -0.39 is 0 Å². The number of hydrogen-bond acceptors (Lipinski definition) is 3. The van der Waals surface area contributed by atoms with Crippen LogP contribution < -0.4 is 0 Å². The Hall–Kier alpha value is 1.05. The van der Waals surface area contributed by atoms with Crippen molar-refractivity contribution in [2.45, 2.75) is 35.5 Å². The molecule has 1 aliphatic carbocycles. The molecule has 0 aromatic rings. The zero-order valence-electron chi connectivity index (χ0n) is 8.84. The summed E-state index contributed by atoms with van der Waals surface area (Å²) in [6.45, 7) is 0. The van der Waals surface area contributed by atoms with Gasteiger partial charge in [0.25, 0.3) is 0 Å². The SMILES string of the molecule is CSC(SC)(SC)C1CCCCC1. The quantitative estimate of drug-likeness (QED) is 0.668. The van der Waals surface area contributed by atoms with Crippen LogP contribution in [-0.4, -0.2) is 22.2 Å². The molecule has 0 N–H and O–H groups in total. The normalized spacial score (nSPS) is 20.5. The third kappa shape index (κ3) is 2.75. The van der Waals surface area contributed by atoms with E-state index in [0.29, 0.717) is 3.41 Å². The van der Waals surface area contributed by atoms with E-state index in [9.17, 15) is 0 Å². The van der Waals surface area contributed by atoms with Crippen LogP contribution in [0.15, 0.2) is 0 Å². The molecular formula is C10H20S3. The third-order valence-corrected chi connectivity index (χ3v) is 8.67. The molecule has 1 aliphatic rings. The predicted octanol–water partition coefficient (Wildman–Crippen LogP) is 4.31. The summed E-state index contributed by atoms with van der Waals surface area (Å²) < 4.78 is 0.445. The van der Waals surface area contributed by atoms with Gasteiger partial charge in [-0.2, -0.15) is 0 Å². The van der Waals surface area contributed by atoms with E-state index in [4.69, 9.17) is 0 Å². The molecule has 0 aromatic carbocycles. The molecular weight excluding hydrogens is 216 g/mol. The van der Waals surface area contributed by atoms with E-state index in [1.807, 2.05) is 35.3 Å². The molecule has 13 heavy (non-hydrogen) atoms.